The molecule has 0 radical (unpaired) electrons. The molecule has 1 saturated heterocycles. The molecule has 0 bridgehead atoms. The summed E-state index contributed by atoms with van der Waals surface area (Å²) in [5, 5.41) is 0.580. The Morgan fingerprint density at radius 3 is 2.76 bits per heavy atom. The molecule has 3 heterocycles. The summed E-state index contributed by atoms with van der Waals surface area (Å²) in [5.74, 6) is 1.18. The van der Waals surface area contributed by atoms with Crippen molar-refractivity contribution in [1.29, 1.82) is 0 Å². The first-order valence-corrected chi connectivity index (χ1v) is 9.72. The molecule has 1 fully saturated rings. The highest BCUT2D eigenvalue weighted by Crippen LogP contribution is 2.33. The first-order chi connectivity index (χ1) is 14.2. The lowest BCUT2D eigenvalue weighted by molar-refractivity contribution is 0.415. The Labute approximate surface area is 167 Å². The van der Waals surface area contributed by atoms with Crippen LogP contribution in [-0.2, 0) is 0 Å². The van der Waals surface area contributed by atoms with Gasteiger partial charge in [0.1, 0.15) is 5.75 Å². The number of pyridine rings is 1. The Morgan fingerprint density at radius 2 is 2.00 bits per heavy atom. The largest absolute Gasteiger partial charge is 0.496 e. The molecule has 6 nitrogen and oxygen atoms in total. The van der Waals surface area contributed by atoms with Crippen molar-refractivity contribution < 1.29 is 9.15 Å². The van der Waals surface area contributed by atoms with Crippen molar-refractivity contribution in [1.82, 2.24) is 9.97 Å². The van der Waals surface area contributed by atoms with E-state index in [1.807, 2.05) is 18.2 Å². The van der Waals surface area contributed by atoms with E-state index in [0.717, 1.165) is 29.9 Å². The maximum absolute atomic E-state index is 12.9. The molecule has 0 amide bonds. The molecule has 2 aromatic heterocycles. The van der Waals surface area contributed by atoms with Gasteiger partial charge in [0, 0.05) is 47.6 Å². The Kier molecular flexibility index (Phi) is 4.31. The number of oxazole rings is 1. The summed E-state index contributed by atoms with van der Waals surface area (Å²) >= 11 is 0. The van der Waals surface area contributed by atoms with Crippen molar-refractivity contribution >= 4 is 16.6 Å². The van der Waals surface area contributed by atoms with Crippen molar-refractivity contribution in [2.75, 3.05) is 25.1 Å². The molecule has 1 aliphatic rings. The quantitative estimate of drug-likeness (QED) is 0.560. The lowest BCUT2D eigenvalue weighted by atomic mass is 10.0. The van der Waals surface area contributed by atoms with Crippen LogP contribution >= 0.6 is 0 Å². The van der Waals surface area contributed by atoms with Gasteiger partial charge in [0.25, 0.3) is 0 Å². The van der Waals surface area contributed by atoms with Crippen LogP contribution in [0.3, 0.4) is 0 Å². The highest BCUT2D eigenvalue weighted by Gasteiger charge is 2.15. The fraction of sp³-hybridized carbons (Fsp3) is 0.217. The topological polar surface area (TPSA) is 71.4 Å². The molecule has 1 N–H and O–H groups in total. The Morgan fingerprint density at radius 1 is 1.14 bits per heavy atom. The molecular weight excluding hydrogens is 366 g/mol. The molecule has 4 aromatic rings. The third-order valence-electron chi connectivity index (χ3n) is 5.48. The predicted molar refractivity (Wildman–Crippen MR) is 114 cm³/mol. The first-order valence-electron chi connectivity index (χ1n) is 9.72. The van der Waals surface area contributed by atoms with E-state index in [0.29, 0.717) is 22.5 Å². The van der Waals surface area contributed by atoms with E-state index in [1.165, 1.54) is 24.9 Å². The number of anilines is 1. The van der Waals surface area contributed by atoms with Crippen molar-refractivity contribution in [3.63, 3.8) is 0 Å². The molecule has 1 aliphatic heterocycles. The van der Waals surface area contributed by atoms with E-state index in [-0.39, 0.29) is 5.43 Å². The summed E-state index contributed by atoms with van der Waals surface area (Å²) in [6.07, 6.45) is 5.42. The number of methoxy groups -OCH3 is 1. The van der Waals surface area contributed by atoms with E-state index in [9.17, 15) is 4.79 Å². The van der Waals surface area contributed by atoms with Gasteiger partial charge < -0.3 is 19.0 Å². The minimum Gasteiger partial charge on any atom is -0.496 e. The van der Waals surface area contributed by atoms with Gasteiger partial charge in [-0.1, -0.05) is 12.1 Å². The minimum absolute atomic E-state index is 0.0521. The van der Waals surface area contributed by atoms with Gasteiger partial charge in [-0.25, -0.2) is 4.98 Å². The molecule has 2 aromatic carbocycles. The molecule has 29 heavy (non-hydrogen) atoms. The minimum atomic E-state index is -0.0521. The number of benzene rings is 2. The van der Waals surface area contributed by atoms with E-state index in [2.05, 4.69) is 27.0 Å². The number of nitrogens with one attached hydrogen (secondary N) is 1. The zero-order valence-electron chi connectivity index (χ0n) is 16.1. The maximum atomic E-state index is 12.9. The van der Waals surface area contributed by atoms with E-state index in [4.69, 9.17) is 9.15 Å². The number of nitrogens with zero attached hydrogens (tertiary/aromatic N) is 2. The predicted octanol–water partition coefficient (Wildman–Crippen LogP) is 4.46. The van der Waals surface area contributed by atoms with Crippen LogP contribution in [0.5, 0.6) is 5.75 Å². The van der Waals surface area contributed by atoms with E-state index in [1.54, 1.807) is 25.4 Å². The van der Waals surface area contributed by atoms with Gasteiger partial charge in [-0.2, -0.15) is 0 Å². The second kappa shape index (κ2) is 7.13. The highest BCUT2D eigenvalue weighted by molar-refractivity contribution is 5.88. The molecular formula is C23H21N3O3. The van der Waals surface area contributed by atoms with Crippen LogP contribution in [0.1, 0.15) is 12.8 Å². The third kappa shape index (κ3) is 3.16. The monoisotopic (exact) mass is 387 g/mol. The molecule has 5 rings (SSSR count). The zero-order valence-corrected chi connectivity index (χ0v) is 16.1. The summed E-state index contributed by atoms with van der Waals surface area (Å²) in [5.41, 5.74) is 4.35. The van der Waals surface area contributed by atoms with Crippen LogP contribution in [0.25, 0.3) is 33.5 Å². The van der Waals surface area contributed by atoms with Gasteiger partial charge in [-0.15, -0.1) is 0 Å². The molecule has 0 atom stereocenters. The van der Waals surface area contributed by atoms with Crippen LogP contribution in [0.2, 0.25) is 0 Å². The van der Waals surface area contributed by atoms with Gasteiger partial charge >= 0.3 is 0 Å². The number of fused-ring (bicyclic) bond motifs is 1. The SMILES string of the molecule is COc1cc2[nH]c(-c3cccc(N4CCCC4)c3)cc(=O)c2cc1-c1cnco1. The zero-order chi connectivity index (χ0) is 19.8. The van der Waals surface area contributed by atoms with Crippen LogP contribution in [0.4, 0.5) is 5.69 Å². The lowest BCUT2D eigenvalue weighted by Gasteiger charge is -2.18. The van der Waals surface area contributed by atoms with E-state index >= 15 is 0 Å². The fourth-order valence-electron chi connectivity index (χ4n) is 3.99. The summed E-state index contributed by atoms with van der Waals surface area (Å²) in [4.78, 5) is 22.7. The summed E-state index contributed by atoms with van der Waals surface area (Å²) in [6, 6.07) is 13.6. The number of hydrogen-bond donors (Lipinski definition) is 1. The van der Waals surface area contributed by atoms with Crippen LogP contribution in [0.15, 0.2) is 64.3 Å². The fourth-order valence-corrected chi connectivity index (χ4v) is 3.99. The summed E-state index contributed by atoms with van der Waals surface area (Å²) in [6.45, 7) is 2.17. The van der Waals surface area contributed by atoms with Crippen LogP contribution in [0, 0.1) is 0 Å². The molecule has 6 heteroatoms. The number of rotatable bonds is 4. The van der Waals surface area contributed by atoms with Crippen LogP contribution < -0.4 is 15.1 Å². The second-order valence-electron chi connectivity index (χ2n) is 7.26. The van der Waals surface area contributed by atoms with Gasteiger partial charge in [0.15, 0.2) is 17.6 Å². The number of aromatic amines is 1. The smallest absolute Gasteiger partial charge is 0.190 e. The van der Waals surface area contributed by atoms with Gasteiger partial charge in [-0.3, -0.25) is 4.79 Å². The molecule has 0 saturated carbocycles. The number of hydrogen-bond acceptors (Lipinski definition) is 5. The highest BCUT2D eigenvalue weighted by atomic mass is 16.5. The standard InChI is InChI=1S/C23H21N3O3/c1-28-22-12-20-17(10-18(22)23-13-24-14-29-23)21(27)11-19(25-20)15-5-4-6-16(9-15)26-7-2-3-8-26/h4-6,9-14H,2-3,7-8H2,1H3,(H,25,27). The normalized spacial score (nSPS) is 13.9. The Hall–Kier alpha value is -3.54. The molecule has 0 unspecified atom stereocenters. The number of aromatic nitrogens is 2. The number of ether oxygens (including phenoxy) is 1. The van der Waals surface area contributed by atoms with Gasteiger partial charge in [-0.05, 0) is 31.0 Å². The average Bonchev–Trinajstić information content (AvgIpc) is 3.47. The number of H-pyrrole nitrogens is 1. The molecule has 0 spiro atoms. The van der Waals surface area contributed by atoms with Crippen molar-refractivity contribution in [2.24, 2.45) is 0 Å². The van der Waals surface area contributed by atoms with Crippen LogP contribution in [-0.4, -0.2) is 30.2 Å². The Balaban J connectivity index is 1.63. The Bertz CT molecular complexity index is 1220. The lowest BCUT2D eigenvalue weighted by Crippen LogP contribution is -2.17. The van der Waals surface area contributed by atoms with Gasteiger partial charge in [0.2, 0.25) is 0 Å². The molecule has 0 aliphatic carbocycles. The van der Waals surface area contributed by atoms with Crippen molar-refractivity contribution in [2.45, 2.75) is 12.8 Å². The van der Waals surface area contributed by atoms with Crippen molar-refractivity contribution in [3.8, 4) is 28.3 Å². The maximum Gasteiger partial charge on any atom is 0.190 e. The second-order valence-corrected chi connectivity index (χ2v) is 7.26. The summed E-state index contributed by atoms with van der Waals surface area (Å²) in [7, 11) is 1.60. The molecule has 146 valence electrons. The third-order valence-corrected chi connectivity index (χ3v) is 5.48. The first kappa shape index (κ1) is 17.6. The van der Waals surface area contributed by atoms with Gasteiger partial charge in [0.05, 0.1) is 24.4 Å². The van der Waals surface area contributed by atoms with Crippen molar-refractivity contribution in [3.05, 3.63) is 65.3 Å². The average molecular weight is 387 g/mol. The van der Waals surface area contributed by atoms with E-state index < -0.39 is 0 Å². The summed E-state index contributed by atoms with van der Waals surface area (Å²) < 4.78 is 10.9.